The fraction of sp³-hybridized carbons (Fsp3) is 0.208. The zero-order valence-electron chi connectivity index (χ0n) is 17.5. The maximum Gasteiger partial charge on any atom is 0.246 e. The van der Waals surface area contributed by atoms with Crippen molar-refractivity contribution in [2.75, 3.05) is 13.1 Å². The summed E-state index contributed by atoms with van der Waals surface area (Å²) in [5, 5.41) is 4.22. The number of piperidine rings is 1. The number of amides is 1. The number of carbonyl (C=O) groups is 1. The van der Waals surface area contributed by atoms with E-state index in [0.29, 0.717) is 23.9 Å². The molecule has 0 bridgehead atoms. The number of allylic oxidation sites excluding steroid dienone is 1. The number of rotatable bonds is 4. The van der Waals surface area contributed by atoms with Crippen LogP contribution < -0.4 is 5.32 Å². The Labute approximate surface area is 215 Å². The molecule has 5 rings (SSSR count). The minimum absolute atomic E-state index is 0.00873. The van der Waals surface area contributed by atoms with E-state index in [1.165, 1.54) is 0 Å². The van der Waals surface area contributed by atoms with Crippen LogP contribution in [0.4, 0.5) is 0 Å². The second-order valence-electron chi connectivity index (χ2n) is 7.74. The summed E-state index contributed by atoms with van der Waals surface area (Å²) >= 11 is 9.81. The Morgan fingerprint density at radius 3 is 2.82 bits per heavy atom. The first-order chi connectivity index (χ1) is 16.1. The molecular formula is C24H21BrClIN4O2. The van der Waals surface area contributed by atoms with E-state index in [2.05, 4.69) is 34.4 Å². The van der Waals surface area contributed by atoms with Gasteiger partial charge >= 0.3 is 0 Å². The molecule has 6 nitrogen and oxygen atoms in total. The molecule has 3 aliphatic heterocycles. The van der Waals surface area contributed by atoms with Crippen molar-refractivity contribution < 1.29 is 9.21 Å². The zero-order chi connectivity index (χ0) is 22.8. The van der Waals surface area contributed by atoms with Crippen molar-refractivity contribution in [3.63, 3.8) is 0 Å². The van der Waals surface area contributed by atoms with Crippen LogP contribution in [0.2, 0.25) is 5.02 Å². The SMILES string of the molecule is O=C(/C=C/c1ccco1)N1CCC(N=C2C=C(c3ccccc3Cl)NC3=C(Br)C=IN23)CC1. The highest BCUT2D eigenvalue weighted by atomic mass is 127. The topological polar surface area (TPSA) is 61.1 Å². The third-order valence-corrected chi connectivity index (χ3v) is 9.81. The number of nitrogens with one attached hydrogen (secondary N) is 1. The zero-order valence-corrected chi connectivity index (χ0v) is 22.0. The summed E-state index contributed by atoms with van der Waals surface area (Å²) in [7, 11) is 0. The molecule has 1 aromatic heterocycles. The molecule has 0 radical (unpaired) electrons. The first kappa shape index (κ1) is 22.6. The number of carbonyl (C=O) groups excluding carboxylic acids is 1. The molecule has 1 saturated heterocycles. The molecule has 2 aromatic rings. The lowest BCUT2D eigenvalue weighted by atomic mass is 10.1. The summed E-state index contributed by atoms with van der Waals surface area (Å²) < 4.78 is 10.8. The number of nitrogens with zero attached hydrogens (tertiary/aromatic N) is 3. The molecule has 4 heterocycles. The van der Waals surface area contributed by atoms with Crippen molar-refractivity contribution in [1.29, 1.82) is 0 Å². The van der Waals surface area contributed by atoms with E-state index >= 15 is 0 Å². The van der Waals surface area contributed by atoms with E-state index in [-0.39, 0.29) is 33.0 Å². The molecule has 0 spiro atoms. The summed E-state index contributed by atoms with van der Waals surface area (Å²) in [6.07, 6.45) is 8.65. The third-order valence-electron chi connectivity index (χ3n) is 5.58. The van der Waals surface area contributed by atoms with Gasteiger partial charge in [0.2, 0.25) is 5.91 Å². The van der Waals surface area contributed by atoms with Crippen LogP contribution in [0.3, 0.4) is 0 Å². The van der Waals surface area contributed by atoms with Crippen LogP contribution in [0, 0.1) is 0 Å². The van der Waals surface area contributed by atoms with E-state index in [0.717, 1.165) is 40.2 Å². The number of furan rings is 1. The standard InChI is InChI=1S/C24H21BrClIN4O2/c25-19-15-27-31-22(14-21(29-24(19)31)18-5-1-2-6-20(18)26)28-16-9-11-30(12-10-16)23(32)8-7-17-4-3-13-33-17/h1-8,13-16,29H,9-12H2/b8-7+,28-22?. The van der Waals surface area contributed by atoms with Crippen LogP contribution in [-0.4, -0.2) is 42.9 Å². The number of likely N-dealkylation sites (tertiary alicyclic amines) is 1. The number of halogens is 3. The van der Waals surface area contributed by atoms with Gasteiger partial charge in [-0.2, -0.15) is 0 Å². The van der Waals surface area contributed by atoms with Crippen LogP contribution in [0.1, 0.15) is 24.2 Å². The molecule has 0 saturated carbocycles. The van der Waals surface area contributed by atoms with Crippen LogP contribution in [-0.2, 0) is 4.79 Å². The Morgan fingerprint density at radius 2 is 2.06 bits per heavy atom. The Kier molecular flexibility index (Phi) is 6.84. The van der Waals surface area contributed by atoms with Gasteiger partial charge in [0.15, 0.2) is 0 Å². The van der Waals surface area contributed by atoms with Crippen molar-refractivity contribution in [2.45, 2.75) is 18.9 Å². The Bertz CT molecular complexity index is 1210. The predicted octanol–water partition coefficient (Wildman–Crippen LogP) is 5.55. The van der Waals surface area contributed by atoms with E-state index in [4.69, 9.17) is 21.0 Å². The first-order valence-electron chi connectivity index (χ1n) is 10.6. The molecule has 0 atom stereocenters. The molecule has 33 heavy (non-hydrogen) atoms. The minimum atomic E-state index is -0.335. The molecule has 0 aliphatic carbocycles. The number of benzene rings is 1. The Hall–Kier alpha value is -2.17. The van der Waals surface area contributed by atoms with Crippen molar-refractivity contribution in [2.24, 2.45) is 4.99 Å². The van der Waals surface area contributed by atoms with Gasteiger partial charge < -0.3 is 14.6 Å². The molecule has 1 fully saturated rings. The van der Waals surface area contributed by atoms with Gasteiger partial charge in [0.05, 0.1) is 22.5 Å². The highest BCUT2D eigenvalue weighted by Gasteiger charge is 2.29. The largest absolute Gasteiger partial charge is 0.465 e. The lowest BCUT2D eigenvalue weighted by Gasteiger charge is -2.32. The van der Waals surface area contributed by atoms with Crippen LogP contribution in [0.25, 0.3) is 11.8 Å². The summed E-state index contributed by atoms with van der Waals surface area (Å²) in [5.74, 6) is 2.67. The van der Waals surface area contributed by atoms with Crippen molar-refractivity contribution in [3.8, 4) is 0 Å². The maximum absolute atomic E-state index is 12.5. The second-order valence-corrected chi connectivity index (χ2v) is 11.1. The third kappa shape index (κ3) is 5.02. The number of fused-ring (bicyclic) bond motifs is 1. The van der Waals surface area contributed by atoms with E-state index < -0.39 is 0 Å². The fourth-order valence-electron chi connectivity index (χ4n) is 3.87. The fourth-order valence-corrected chi connectivity index (χ4v) is 7.26. The van der Waals surface area contributed by atoms with E-state index in [1.54, 1.807) is 24.5 Å². The van der Waals surface area contributed by atoms with Gasteiger partial charge in [-0.15, -0.1) is 0 Å². The molecule has 3 aliphatic rings. The molecule has 9 heteroatoms. The molecule has 1 aromatic carbocycles. The normalized spacial score (nSPS) is 20.2. The second kappa shape index (κ2) is 9.99. The van der Waals surface area contributed by atoms with E-state index in [9.17, 15) is 4.79 Å². The predicted molar refractivity (Wildman–Crippen MR) is 145 cm³/mol. The maximum atomic E-state index is 12.5. The first-order valence-corrected chi connectivity index (χ1v) is 14.0. The molecule has 1 N–H and O–H groups in total. The monoisotopic (exact) mass is 638 g/mol. The molecule has 170 valence electrons. The van der Waals surface area contributed by atoms with E-state index in [1.807, 2.05) is 35.2 Å². The van der Waals surface area contributed by atoms with Gasteiger partial charge in [-0.25, -0.2) is 0 Å². The lowest BCUT2D eigenvalue weighted by Crippen LogP contribution is -2.40. The van der Waals surface area contributed by atoms with Crippen molar-refractivity contribution in [3.05, 3.63) is 81.5 Å². The number of hydrogen-bond acceptors (Lipinski definition) is 4. The molecule has 1 amide bonds. The van der Waals surface area contributed by atoms with Crippen LogP contribution >= 0.6 is 48.5 Å². The average molecular weight is 640 g/mol. The smallest absolute Gasteiger partial charge is 0.246 e. The number of hydrogen-bond donors (Lipinski definition) is 1. The van der Waals surface area contributed by atoms with Gasteiger partial charge in [0.25, 0.3) is 0 Å². The summed E-state index contributed by atoms with van der Waals surface area (Å²) in [5.41, 5.74) is 1.89. The summed E-state index contributed by atoms with van der Waals surface area (Å²) in [6, 6.07) is 11.6. The number of amidine groups is 1. The van der Waals surface area contributed by atoms with Gasteiger partial charge in [0.1, 0.15) is 17.4 Å². The van der Waals surface area contributed by atoms with Gasteiger partial charge in [-0.05, 0) is 53.0 Å². The highest BCUT2D eigenvalue weighted by Crippen LogP contribution is 2.36. The summed E-state index contributed by atoms with van der Waals surface area (Å²) in [4.78, 5) is 19.5. The van der Waals surface area contributed by atoms with Crippen molar-refractivity contribution >= 4 is 76.1 Å². The summed E-state index contributed by atoms with van der Waals surface area (Å²) in [6.45, 7) is 1.38. The minimum Gasteiger partial charge on any atom is -0.465 e. The number of aliphatic imine (C=N–C) groups is 1. The highest BCUT2D eigenvalue weighted by molar-refractivity contribution is 14.2. The lowest BCUT2D eigenvalue weighted by molar-refractivity contribution is -0.126. The van der Waals surface area contributed by atoms with Gasteiger partial charge in [-0.1, -0.05) is 29.8 Å². The molecule has 0 unspecified atom stereocenters. The Balaban J connectivity index is 1.32. The quantitative estimate of drug-likeness (QED) is 0.271. The molecular weight excluding hydrogens is 619 g/mol. The van der Waals surface area contributed by atoms with Crippen LogP contribution in [0.5, 0.6) is 0 Å². The average Bonchev–Trinajstić information content (AvgIpc) is 3.48. The van der Waals surface area contributed by atoms with Crippen molar-refractivity contribution in [1.82, 2.24) is 13.3 Å². The van der Waals surface area contributed by atoms with Crippen LogP contribution in [0.15, 0.2) is 74.5 Å². The Morgan fingerprint density at radius 1 is 1.24 bits per heavy atom. The van der Waals surface area contributed by atoms with Gasteiger partial charge in [0, 0.05) is 60.8 Å². The van der Waals surface area contributed by atoms with Gasteiger partial charge in [-0.3, -0.25) is 12.9 Å².